The second-order valence-corrected chi connectivity index (χ2v) is 10.8. The summed E-state index contributed by atoms with van der Waals surface area (Å²) in [5.74, 6) is -0.654. The molecule has 1 fully saturated rings. The standard InChI is InChI=1S/C30H31F4N7O2/c1-39(2)13-14-41-16-24(21-7-8-23(31)22(15-21)30(32,33)34)38-27(41)19-9-11-40(12-10-19)28-25(26(35)36-17-37-28)18-3-5-20(6-4-18)29(42)43/h3-8,15-17,19H,9-14H2,1-2H3,(H,42,43)(H2,35,36,37). The highest BCUT2D eigenvalue weighted by Crippen LogP contribution is 2.38. The lowest BCUT2D eigenvalue weighted by atomic mass is 9.95. The lowest BCUT2D eigenvalue weighted by molar-refractivity contribution is -0.139. The third kappa shape index (κ3) is 6.46. The molecule has 2 aromatic carbocycles. The van der Waals surface area contributed by atoms with Gasteiger partial charge < -0.3 is 25.2 Å². The van der Waals surface area contributed by atoms with Crippen molar-refractivity contribution in [2.24, 2.45) is 0 Å². The summed E-state index contributed by atoms with van der Waals surface area (Å²) in [5.41, 5.74) is 6.96. The molecule has 1 aliphatic heterocycles. The van der Waals surface area contributed by atoms with Crippen molar-refractivity contribution in [2.75, 3.05) is 44.4 Å². The Morgan fingerprint density at radius 2 is 1.74 bits per heavy atom. The SMILES string of the molecule is CN(C)CCn1cc(-c2ccc(F)c(C(F)(F)F)c2)nc1C1CCN(c2ncnc(N)c2-c2ccc(C(=O)O)cc2)CC1. The van der Waals surface area contributed by atoms with Crippen LogP contribution >= 0.6 is 0 Å². The molecule has 1 saturated heterocycles. The summed E-state index contributed by atoms with van der Waals surface area (Å²) < 4.78 is 56.1. The van der Waals surface area contributed by atoms with Crippen LogP contribution < -0.4 is 10.6 Å². The average molecular weight is 598 g/mol. The molecular formula is C30H31F4N7O2. The molecule has 0 radical (unpaired) electrons. The van der Waals surface area contributed by atoms with Crippen LogP contribution in [0.2, 0.25) is 0 Å². The first-order valence-corrected chi connectivity index (χ1v) is 13.7. The van der Waals surface area contributed by atoms with Crippen LogP contribution in [0.1, 0.15) is 40.5 Å². The molecule has 3 heterocycles. The number of imidazole rings is 1. The Hall–Kier alpha value is -4.52. The highest BCUT2D eigenvalue weighted by Gasteiger charge is 2.35. The Labute approximate surface area is 245 Å². The van der Waals surface area contributed by atoms with Crippen LogP contribution in [0.25, 0.3) is 22.4 Å². The number of aromatic carboxylic acids is 1. The number of aromatic nitrogens is 4. The van der Waals surface area contributed by atoms with Gasteiger partial charge in [0, 0.05) is 43.9 Å². The number of benzene rings is 2. The molecule has 3 N–H and O–H groups in total. The van der Waals surface area contributed by atoms with E-state index in [1.165, 1.54) is 24.5 Å². The van der Waals surface area contributed by atoms with Crippen molar-refractivity contribution >= 4 is 17.6 Å². The smallest absolute Gasteiger partial charge is 0.419 e. The van der Waals surface area contributed by atoms with Gasteiger partial charge in [-0.3, -0.25) is 0 Å². The molecule has 5 rings (SSSR count). The fraction of sp³-hybridized carbons (Fsp3) is 0.333. The maximum absolute atomic E-state index is 14.0. The highest BCUT2D eigenvalue weighted by molar-refractivity contribution is 5.90. The summed E-state index contributed by atoms with van der Waals surface area (Å²) in [6.07, 6.45) is -0.300. The first kappa shape index (κ1) is 30.0. The third-order valence-corrected chi connectivity index (χ3v) is 7.60. The van der Waals surface area contributed by atoms with Crippen LogP contribution in [0, 0.1) is 5.82 Å². The number of carbonyl (C=O) groups is 1. The first-order valence-electron chi connectivity index (χ1n) is 13.7. The van der Waals surface area contributed by atoms with Crippen LogP contribution in [0.3, 0.4) is 0 Å². The Morgan fingerprint density at radius 3 is 2.37 bits per heavy atom. The van der Waals surface area contributed by atoms with Gasteiger partial charge in [0.1, 0.15) is 29.6 Å². The molecule has 0 saturated carbocycles. The van der Waals surface area contributed by atoms with E-state index in [1.807, 2.05) is 23.6 Å². The number of halogens is 4. The highest BCUT2D eigenvalue weighted by atomic mass is 19.4. The van der Waals surface area contributed by atoms with Crippen molar-refractivity contribution in [3.8, 4) is 22.4 Å². The number of alkyl halides is 3. The molecule has 0 atom stereocenters. The zero-order chi connectivity index (χ0) is 30.9. The third-order valence-electron chi connectivity index (χ3n) is 7.60. The molecule has 13 heteroatoms. The van der Waals surface area contributed by atoms with E-state index >= 15 is 0 Å². The number of rotatable bonds is 8. The van der Waals surface area contributed by atoms with Gasteiger partial charge in [0.25, 0.3) is 0 Å². The maximum atomic E-state index is 14.0. The van der Waals surface area contributed by atoms with Crippen LogP contribution in [0.5, 0.6) is 0 Å². The minimum absolute atomic E-state index is 0.0205. The molecule has 226 valence electrons. The lowest BCUT2D eigenvalue weighted by Crippen LogP contribution is -2.35. The van der Waals surface area contributed by atoms with Crippen molar-refractivity contribution in [2.45, 2.75) is 31.5 Å². The van der Waals surface area contributed by atoms with Gasteiger partial charge in [-0.25, -0.2) is 24.1 Å². The van der Waals surface area contributed by atoms with E-state index in [2.05, 4.69) is 14.9 Å². The summed E-state index contributed by atoms with van der Waals surface area (Å²) in [5, 5.41) is 9.25. The first-order chi connectivity index (χ1) is 20.4. The second kappa shape index (κ2) is 12.0. The Bertz CT molecular complexity index is 1610. The van der Waals surface area contributed by atoms with Gasteiger partial charge in [0.15, 0.2) is 0 Å². The number of piperidine rings is 1. The Morgan fingerprint density at radius 1 is 1.07 bits per heavy atom. The van der Waals surface area contributed by atoms with Crippen molar-refractivity contribution < 1.29 is 27.5 Å². The number of carboxylic acids is 1. The topological polar surface area (TPSA) is 113 Å². The van der Waals surface area contributed by atoms with E-state index in [9.17, 15) is 27.5 Å². The molecule has 9 nitrogen and oxygen atoms in total. The number of nitrogens with two attached hydrogens (primary N) is 1. The number of nitrogen functional groups attached to an aromatic ring is 1. The molecule has 0 amide bonds. The molecule has 43 heavy (non-hydrogen) atoms. The van der Waals surface area contributed by atoms with E-state index in [0.717, 1.165) is 18.0 Å². The summed E-state index contributed by atoms with van der Waals surface area (Å²) in [6, 6.07) is 9.32. The van der Waals surface area contributed by atoms with E-state index < -0.39 is 23.5 Å². The summed E-state index contributed by atoms with van der Waals surface area (Å²) in [4.78, 5) is 28.8. The number of hydrogen-bond donors (Lipinski definition) is 2. The molecule has 0 spiro atoms. The van der Waals surface area contributed by atoms with Crippen LogP contribution in [0.4, 0.5) is 29.2 Å². The van der Waals surface area contributed by atoms with Crippen molar-refractivity contribution in [3.05, 3.63) is 77.8 Å². The van der Waals surface area contributed by atoms with Gasteiger partial charge in [-0.2, -0.15) is 13.2 Å². The van der Waals surface area contributed by atoms with Crippen molar-refractivity contribution in [1.29, 1.82) is 0 Å². The second-order valence-electron chi connectivity index (χ2n) is 10.8. The minimum Gasteiger partial charge on any atom is -0.478 e. The Kier molecular flexibility index (Phi) is 8.36. The van der Waals surface area contributed by atoms with Crippen molar-refractivity contribution in [1.82, 2.24) is 24.4 Å². The van der Waals surface area contributed by atoms with E-state index in [0.29, 0.717) is 61.7 Å². The summed E-state index contributed by atoms with van der Waals surface area (Å²) in [6.45, 7) is 2.49. The van der Waals surface area contributed by atoms with Gasteiger partial charge >= 0.3 is 12.1 Å². The predicted molar refractivity (Wildman–Crippen MR) is 154 cm³/mol. The number of hydrogen-bond acceptors (Lipinski definition) is 7. The average Bonchev–Trinajstić information content (AvgIpc) is 3.40. The monoisotopic (exact) mass is 597 g/mol. The number of carboxylic acid groups (broad SMARTS) is 1. The number of likely N-dealkylation sites (N-methyl/N-ethyl adjacent to an activating group) is 1. The van der Waals surface area contributed by atoms with Crippen molar-refractivity contribution in [3.63, 3.8) is 0 Å². The zero-order valence-electron chi connectivity index (χ0n) is 23.6. The van der Waals surface area contributed by atoms with Gasteiger partial charge in [-0.15, -0.1) is 0 Å². The van der Waals surface area contributed by atoms with Gasteiger partial charge in [0.2, 0.25) is 0 Å². The predicted octanol–water partition coefficient (Wildman–Crippen LogP) is 5.39. The number of anilines is 2. The number of nitrogens with zero attached hydrogens (tertiary/aromatic N) is 6. The fourth-order valence-corrected chi connectivity index (χ4v) is 5.32. The molecule has 0 bridgehead atoms. The fourth-order valence-electron chi connectivity index (χ4n) is 5.32. The maximum Gasteiger partial charge on any atom is 0.419 e. The summed E-state index contributed by atoms with van der Waals surface area (Å²) in [7, 11) is 3.87. The van der Waals surface area contributed by atoms with Gasteiger partial charge in [-0.1, -0.05) is 12.1 Å². The molecule has 1 aliphatic rings. The van der Waals surface area contributed by atoms with E-state index in [-0.39, 0.29) is 22.9 Å². The van der Waals surface area contributed by atoms with Gasteiger partial charge in [-0.05, 0) is 62.8 Å². The van der Waals surface area contributed by atoms with Gasteiger partial charge in [0.05, 0.1) is 22.4 Å². The largest absolute Gasteiger partial charge is 0.478 e. The normalized spacial score (nSPS) is 14.4. The lowest BCUT2D eigenvalue weighted by Gasteiger charge is -2.34. The zero-order valence-corrected chi connectivity index (χ0v) is 23.6. The van der Waals surface area contributed by atoms with E-state index in [4.69, 9.17) is 10.7 Å². The minimum atomic E-state index is -4.81. The quantitative estimate of drug-likeness (QED) is 0.260. The Balaban J connectivity index is 1.41. The molecule has 2 aromatic heterocycles. The van der Waals surface area contributed by atoms with Crippen LogP contribution in [-0.2, 0) is 12.7 Å². The van der Waals surface area contributed by atoms with Crippen LogP contribution in [-0.4, -0.2) is 69.2 Å². The molecular weight excluding hydrogens is 566 g/mol. The van der Waals surface area contributed by atoms with E-state index in [1.54, 1.807) is 18.3 Å². The molecule has 0 aliphatic carbocycles. The van der Waals surface area contributed by atoms with Crippen LogP contribution in [0.15, 0.2) is 55.0 Å². The molecule has 0 unspecified atom stereocenters. The molecule has 4 aromatic rings. The summed E-state index contributed by atoms with van der Waals surface area (Å²) >= 11 is 0.